The SMILES string of the molecule is Cn1ncc2c(N3CCCCC3)nc(C(=O)N3CCN(Cc4ccccc4)CC3)nc21. The Morgan fingerprint density at radius 2 is 1.68 bits per heavy atom. The number of carbonyl (C=O) groups is 1. The number of aromatic nitrogens is 4. The van der Waals surface area contributed by atoms with Gasteiger partial charge in [0.2, 0.25) is 5.82 Å². The van der Waals surface area contributed by atoms with Gasteiger partial charge in [-0.15, -0.1) is 0 Å². The molecule has 0 spiro atoms. The molecule has 0 bridgehead atoms. The number of carbonyl (C=O) groups excluding carboxylic acids is 1. The molecule has 4 heterocycles. The zero-order chi connectivity index (χ0) is 21.2. The Hall–Kier alpha value is -3.00. The number of nitrogens with zero attached hydrogens (tertiary/aromatic N) is 7. The molecular weight excluding hydrogens is 390 g/mol. The van der Waals surface area contributed by atoms with E-state index in [-0.39, 0.29) is 11.7 Å². The number of amides is 1. The summed E-state index contributed by atoms with van der Waals surface area (Å²) in [6.45, 7) is 5.94. The summed E-state index contributed by atoms with van der Waals surface area (Å²) in [4.78, 5) is 29.2. The molecule has 2 aromatic heterocycles. The van der Waals surface area contributed by atoms with Crippen LogP contribution in [0.15, 0.2) is 36.5 Å². The smallest absolute Gasteiger partial charge is 0.291 e. The number of fused-ring (bicyclic) bond motifs is 1. The maximum absolute atomic E-state index is 13.3. The molecule has 5 rings (SSSR count). The molecule has 0 N–H and O–H groups in total. The quantitative estimate of drug-likeness (QED) is 0.646. The van der Waals surface area contributed by atoms with Gasteiger partial charge in [-0.25, -0.2) is 9.97 Å². The van der Waals surface area contributed by atoms with Crippen LogP contribution >= 0.6 is 0 Å². The lowest BCUT2D eigenvalue weighted by Crippen LogP contribution is -2.48. The number of hydrogen-bond acceptors (Lipinski definition) is 6. The van der Waals surface area contributed by atoms with Gasteiger partial charge in [0.25, 0.3) is 5.91 Å². The van der Waals surface area contributed by atoms with E-state index in [1.807, 2.05) is 24.2 Å². The molecule has 0 atom stereocenters. The zero-order valence-corrected chi connectivity index (χ0v) is 18.1. The molecule has 2 aliphatic heterocycles. The second kappa shape index (κ2) is 8.63. The lowest BCUT2D eigenvalue weighted by Gasteiger charge is -2.34. The van der Waals surface area contributed by atoms with Gasteiger partial charge < -0.3 is 9.80 Å². The lowest BCUT2D eigenvalue weighted by molar-refractivity contribution is 0.0617. The minimum Gasteiger partial charge on any atom is -0.356 e. The van der Waals surface area contributed by atoms with Crippen LogP contribution in [0.3, 0.4) is 0 Å². The average Bonchev–Trinajstić information content (AvgIpc) is 3.20. The van der Waals surface area contributed by atoms with Crippen molar-refractivity contribution in [3.05, 3.63) is 47.9 Å². The highest BCUT2D eigenvalue weighted by Gasteiger charge is 2.27. The van der Waals surface area contributed by atoms with E-state index in [9.17, 15) is 4.79 Å². The van der Waals surface area contributed by atoms with E-state index in [0.717, 1.165) is 62.4 Å². The van der Waals surface area contributed by atoms with E-state index in [1.54, 1.807) is 4.68 Å². The zero-order valence-electron chi connectivity index (χ0n) is 18.1. The van der Waals surface area contributed by atoms with Gasteiger partial charge in [-0.3, -0.25) is 14.4 Å². The first-order valence-electron chi connectivity index (χ1n) is 11.2. The van der Waals surface area contributed by atoms with Crippen molar-refractivity contribution in [1.82, 2.24) is 29.5 Å². The monoisotopic (exact) mass is 419 g/mol. The Labute approximate surface area is 182 Å². The summed E-state index contributed by atoms with van der Waals surface area (Å²) in [5.41, 5.74) is 2.03. The lowest BCUT2D eigenvalue weighted by atomic mass is 10.1. The van der Waals surface area contributed by atoms with Crippen molar-refractivity contribution in [3.8, 4) is 0 Å². The maximum atomic E-state index is 13.3. The molecule has 0 radical (unpaired) electrons. The summed E-state index contributed by atoms with van der Waals surface area (Å²) in [5, 5.41) is 5.29. The fraction of sp³-hybridized carbons (Fsp3) is 0.478. The van der Waals surface area contributed by atoms with Crippen LogP contribution in [-0.2, 0) is 13.6 Å². The molecule has 2 fully saturated rings. The molecule has 2 aliphatic rings. The highest BCUT2D eigenvalue weighted by molar-refractivity contribution is 5.95. The van der Waals surface area contributed by atoms with Gasteiger partial charge in [-0.05, 0) is 24.8 Å². The van der Waals surface area contributed by atoms with E-state index >= 15 is 0 Å². The number of hydrogen-bond donors (Lipinski definition) is 0. The van der Waals surface area contributed by atoms with E-state index < -0.39 is 0 Å². The molecule has 3 aromatic rings. The first-order chi connectivity index (χ1) is 15.2. The van der Waals surface area contributed by atoms with E-state index in [0.29, 0.717) is 13.1 Å². The number of anilines is 1. The van der Waals surface area contributed by atoms with E-state index in [2.05, 4.69) is 44.1 Å². The molecule has 1 amide bonds. The van der Waals surface area contributed by atoms with Crippen LogP contribution in [0.2, 0.25) is 0 Å². The number of piperazine rings is 1. The van der Waals surface area contributed by atoms with Gasteiger partial charge >= 0.3 is 0 Å². The van der Waals surface area contributed by atoms with Crippen LogP contribution in [0.5, 0.6) is 0 Å². The summed E-state index contributed by atoms with van der Waals surface area (Å²) in [6, 6.07) is 10.5. The summed E-state index contributed by atoms with van der Waals surface area (Å²) < 4.78 is 1.74. The molecule has 0 aliphatic carbocycles. The van der Waals surface area contributed by atoms with Crippen LogP contribution < -0.4 is 4.90 Å². The third-order valence-electron chi connectivity index (χ3n) is 6.33. The Balaban J connectivity index is 1.33. The molecule has 2 saturated heterocycles. The highest BCUT2D eigenvalue weighted by Crippen LogP contribution is 2.26. The minimum absolute atomic E-state index is 0.0827. The summed E-state index contributed by atoms with van der Waals surface area (Å²) >= 11 is 0. The molecule has 8 nitrogen and oxygen atoms in total. The normalized spacial score (nSPS) is 18.0. The van der Waals surface area contributed by atoms with E-state index in [4.69, 9.17) is 4.98 Å². The number of piperidine rings is 1. The van der Waals surface area contributed by atoms with Crippen molar-refractivity contribution in [2.75, 3.05) is 44.2 Å². The third kappa shape index (κ3) is 4.12. The second-order valence-corrected chi connectivity index (χ2v) is 8.48. The number of aryl methyl sites for hydroxylation is 1. The molecule has 8 heteroatoms. The molecule has 0 saturated carbocycles. The highest BCUT2D eigenvalue weighted by atomic mass is 16.2. The summed E-state index contributed by atoms with van der Waals surface area (Å²) in [5.74, 6) is 1.05. The first-order valence-corrected chi connectivity index (χ1v) is 11.2. The predicted molar refractivity (Wildman–Crippen MR) is 120 cm³/mol. The standard InChI is InChI=1S/C23H29N7O/c1-27-21-19(16-24-27)22(29-10-6-3-7-11-29)26-20(25-21)23(31)30-14-12-28(13-15-30)17-18-8-4-2-5-9-18/h2,4-5,8-9,16H,3,6-7,10-15,17H2,1H3. The summed E-state index contributed by atoms with van der Waals surface area (Å²) in [6.07, 6.45) is 5.36. The molecule has 31 heavy (non-hydrogen) atoms. The van der Waals surface area contributed by atoms with Gasteiger partial charge in [0.05, 0.1) is 11.6 Å². The van der Waals surface area contributed by atoms with Crippen molar-refractivity contribution >= 4 is 22.8 Å². The molecule has 1 aromatic carbocycles. The minimum atomic E-state index is -0.0827. The Kier molecular flexibility index (Phi) is 5.55. The maximum Gasteiger partial charge on any atom is 0.291 e. The molecule has 162 valence electrons. The Bertz CT molecular complexity index is 1050. The van der Waals surface area contributed by atoms with E-state index in [1.165, 1.54) is 12.0 Å². The third-order valence-corrected chi connectivity index (χ3v) is 6.33. The van der Waals surface area contributed by atoms with Gasteiger partial charge in [0.15, 0.2) is 5.65 Å². The van der Waals surface area contributed by atoms with Crippen molar-refractivity contribution < 1.29 is 4.79 Å². The largest absolute Gasteiger partial charge is 0.356 e. The van der Waals surface area contributed by atoms with Crippen LogP contribution in [0.4, 0.5) is 5.82 Å². The van der Waals surface area contributed by atoms with Gasteiger partial charge in [-0.2, -0.15) is 5.10 Å². The van der Waals surface area contributed by atoms with Gasteiger partial charge in [0.1, 0.15) is 5.82 Å². The second-order valence-electron chi connectivity index (χ2n) is 8.48. The van der Waals surface area contributed by atoms with Crippen LogP contribution in [-0.4, -0.2) is 74.7 Å². The Morgan fingerprint density at radius 1 is 0.935 bits per heavy atom. The molecule has 0 unspecified atom stereocenters. The fourth-order valence-corrected chi connectivity index (χ4v) is 4.54. The van der Waals surface area contributed by atoms with Crippen molar-refractivity contribution in [2.24, 2.45) is 7.05 Å². The van der Waals surface area contributed by atoms with Crippen molar-refractivity contribution in [3.63, 3.8) is 0 Å². The first kappa shape index (κ1) is 19.9. The molecular formula is C23H29N7O. The van der Waals surface area contributed by atoms with Crippen LogP contribution in [0.25, 0.3) is 11.0 Å². The number of benzene rings is 1. The average molecular weight is 420 g/mol. The van der Waals surface area contributed by atoms with Crippen LogP contribution in [0.1, 0.15) is 35.4 Å². The number of rotatable bonds is 4. The summed E-state index contributed by atoms with van der Waals surface area (Å²) in [7, 11) is 1.87. The Morgan fingerprint density at radius 3 is 2.42 bits per heavy atom. The van der Waals surface area contributed by atoms with Crippen LogP contribution in [0, 0.1) is 0 Å². The van der Waals surface area contributed by atoms with Gasteiger partial charge in [-0.1, -0.05) is 30.3 Å². The topological polar surface area (TPSA) is 70.4 Å². The predicted octanol–water partition coefficient (Wildman–Crippen LogP) is 2.31. The van der Waals surface area contributed by atoms with Crippen molar-refractivity contribution in [1.29, 1.82) is 0 Å². The van der Waals surface area contributed by atoms with Crippen molar-refractivity contribution in [2.45, 2.75) is 25.8 Å². The fourth-order valence-electron chi connectivity index (χ4n) is 4.54. The van der Waals surface area contributed by atoms with Gasteiger partial charge in [0, 0.05) is 52.9 Å².